The van der Waals surface area contributed by atoms with Crippen LogP contribution in [0.15, 0.2) is 109 Å². The van der Waals surface area contributed by atoms with Crippen molar-refractivity contribution in [2.45, 2.75) is 187 Å². The summed E-state index contributed by atoms with van der Waals surface area (Å²) in [5, 5.41) is 0. The summed E-state index contributed by atoms with van der Waals surface area (Å²) in [6, 6.07) is 0. The van der Waals surface area contributed by atoms with Crippen molar-refractivity contribution in [3.8, 4) is 0 Å². The number of hydrogen-bond donors (Lipinski definition) is 0. The van der Waals surface area contributed by atoms with E-state index in [1.165, 1.54) is 64.2 Å². The average Bonchev–Trinajstić information content (AvgIpc) is 3.27. The third-order valence-electron chi connectivity index (χ3n) is 10.3. The molecule has 0 aromatic rings. The molecule has 0 amide bonds. The van der Waals surface area contributed by atoms with Crippen molar-refractivity contribution >= 4 is 19.8 Å². The fourth-order valence-electron chi connectivity index (χ4n) is 6.40. The molecule has 376 valence electrons. The molecule has 0 rings (SSSR count). The summed E-state index contributed by atoms with van der Waals surface area (Å²) >= 11 is 0. The zero-order valence-corrected chi connectivity index (χ0v) is 43.2. The summed E-state index contributed by atoms with van der Waals surface area (Å²) in [7, 11) is 1.11. The van der Waals surface area contributed by atoms with Crippen LogP contribution in [0.4, 0.5) is 0 Å². The molecule has 9 nitrogen and oxygen atoms in total. The molecule has 0 radical (unpaired) electrons. The standard InChI is InChI=1S/C56H94NO8P/c1-6-8-10-12-14-16-18-20-21-22-23-24-25-26-27-28-29-30-31-32-33-34-35-37-39-41-43-45-47-49-56(59)65-54(53-64-66(60,61)63-51-50-57(3,4)5)52-62-55(58)48-46-44-42-40-38-36-19-17-15-13-11-9-7-2/h8-11,14-17,20-21,23-24,26-27,36,38,42,44,54H,6-7,12-13,18-19,22,25,28-35,37,39-41,43,45-53H2,1-5H3/b10-8-,11-9-,16-14-,17-15-,21-20-,24-23-,27-26-,38-36-,44-42-. The largest absolute Gasteiger partial charge is 0.756 e. The number of unbranched alkanes of at least 4 members (excludes halogenated alkanes) is 13. The van der Waals surface area contributed by atoms with Gasteiger partial charge in [-0.05, 0) is 83.5 Å². The molecule has 0 fully saturated rings. The lowest BCUT2D eigenvalue weighted by Crippen LogP contribution is -2.37. The molecule has 0 aromatic heterocycles. The van der Waals surface area contributed by atoms with Gasteiger partial charge in [-0.3, -0.25) is 14.2 Å². The summed E-state index contributed by atoms with van der Waals surface area (Å²) < 4.78 is 33.9. The van der Waals surface area contributed by atoms with Crippen LogP contribution in [0.1, 0.15) is 181 Å². The highest BCUT2D eigenvalue weighted by Gasteiger charge is 2.21. The lowest BCUT2D eigenvalue weighted by atomic mass is 10.0. The van der Waals surface area contributed by atoms with Gasteiger partial charge in [0.05, 0.1) is 27.7 Å². The molecule has 0 aromatic carbocycles. The number of allylic oxidation sites excluding steroid dienone is 18. The lowest BCUT2D eigenvalue weighted by molar-refractivity contribution is -0.870. The van der Waals surface area contributed by atoms with Gasteiger partial charge in [0, 0.05) is 12.8 Å². The summed E-state index contributed by atoms with van der Waals surface area (Å²) in [6.45, 7) is 3.90. The number of carbonyl (C=O) groups is 2. The molecule has 0 aliphatic heterocycles. The first kappa shape index (κ1) is 62.7. The first-order valence-corrected chi connectivity index (χ1v) is 27.1. The molecule has 66 heavy (non-hydrogen) atoms. The van der Waals surface area contributed by atoms with Gasteiger partial charge in [0.15, 0.2) is 6.10 Å². The van der Waals surface area contributed by atoms with Crippen molar-refractivity contribution in [2.75, 3.05) is 47.5 Å². The van der Waals surface area contributed by atoms with Crippen molar-refractivity contribution in [1.29, 1.82) is 0 Å². The first-order chi connectivity index (χ1) is 32.0. The van der Waals surface area contributed by atoms with Gasteiger partial charge in [0.1, 0.15) is 19.8 Å². The molecule has 2 atom stereocenters. The third-order valence-corrected chi connectivity index (χ3v) is 11.3. The maximum atomic E-state index is 12.7. The summed E-state index contributed by atoms with van der Waals surface area (Å²) in [4.78, 5) is 37.6. The smallest absolute Gasteiger partial charge is 0.306 e. The van der Waals surface area contributed by atoms with Gasteiger partial charge in [-0.1, -0.05) is 194 Å². The number of likely N-dealkylation sites (N-methyl/N-ethyl adjacent to an activating group) is 1. The van der Waals surface area contributed by atoms with Crippen LogP contribution < -0.4 is 4.89 Å². The van der Waals surface area contributed by atoms with Gasteiger partial charge >= 0.3 is 11.9 Å². The lowest BCUT2D eigenvalue weighted by Gasteiger charge is -2.28. The summed E-state index contributed by atoms with van der Waals surface area (Å²) in [5.74, 6) is -0.938. The molecular formula is C56H94NO8P. The Kier molecular flexibility index (Phi) is 44.4. The topological polar surface area (TPSA) is 111 Å². The SMILES string of the molecule is CC/C=C\C/C=C\C/C=C\C/C=C\C/C=C\CCCCCCCCCCCCCCCC(=O)OC(COC(=O)CC/C=C\C/C=C\C/C=C\C/C=C\CC)COP(=O)([O-])OCC[N+](C)(C)C. The fraction of sp³-hybridized carbons (Fsp3) is 0.643. The normalized spacial score (nSPS) is 14.3. The number of esters is 2. The third kappa shape index (κ3) is 50.1. The second-order valence-electron chi connectivity index (χ2n) is 17.8. The predicted molar refractivity (Wildman–Crippen MR) is 277 cm³/mol. The molecular weight excluding hydrogens is 846 g/mol. The van der Waals surface area contributed by atoms with Crippen LogP contribution in [0.2, 0.25) is 0 Å². The Labute approximate surface area is 404 Å². The van der Waals surface area contributed by atoms with Crippen molar-refractivity contribution in [1.82, 2.24) is 0 Å². The first-order valence-electron chi connectivity index (χ1n) is 25.6. The van der Waals surface area contributed by atoms with Gasteiger partial charge in [-0.15, -0.1) is 0 Å². The molecule has 0 aliphatic carbocycles. The number of carbonyl (C=O) groups excluding carboxylic acids is 2. The highest BCUT2D eigenvalue weighted by Crippen LogP contribution is 2.38. The van der Waals surface area contributed by atoms with Gasteiger partial charge in [0.2, 0.25) is 0 Å². The Hall–Kier alpha value is -3.33. The molecule has 0 saturated carbocycles. The highest BCUT2D eigenvalue weighted by molar-refractivity contribution is 7.45. The second kappa shape index (κ2) is 46.8. The van der Waals surface area contributed by atoms with Crippen LogP contribution in [0.25, 0.3) is 0 Å². The van der Waals surface area contributed by atoms with Gasteiger partial charge in [0.25, 0.3) is 7.82 Å². The quantitative estimate of drug-likeness (QED) is 0.0195. The maximum Gasteiger partial charge on any atom is 0.306 e. The van der Waals surface area contributed by atoms with E-state index in [4.69, 9.17) is 18.5 Å². The van der Waals surface area contributed by atoms with Crippen molar-refractivity contribution < 1.29 is 42.1 Å². The number of ether oxygens (including phenoxy) is 2. The molecule has 10 heteroatoms. The number of hydrogen-bond acceptors (Lipinski definition) is 8. The zero-order chi connectivity index (χ0) is 48.5. The number of rotatable bonds is 45. The van der Waals surface area contributed by atoms with E-state index in [-0.39, 0.29) is 26.1 Å². The van der Waals surface area contributed by atoms with E-state index in [2.05, 4.69) is 111 Å². The molecule has 0 saturated heterocycles. The van der Waals surface area contributed by atoms with E-state index in [0.29, 0.717) is 23.9 Å². The highest BCUT2D eigenvalue weighted by atomic mass is 31.2. The average molecular weight is 940 g/mol. The minimum atomic E-state index is -4.65. The van der Waals surface area contributed by atoms with Crippen LogP contribution in [0.5, 0.6) is 0 Å². The minimum Gasteiger partial charge on any atom is -0.756 e. The van der Waals surface area contributed by atoms with Crippen LogP contribution >= 0.6 is 7.82 Å². The number of nitrogens with zero attached hydrogens (tertiary/aromatic N) is 1. The van der Waals surface area contributed by atoms with E-state index in [0.717, 1.165) is 77.0 Å². The second-order valence-corrected chi connectivity index (χ2v) is 19.2. The Morgan fingerprint density at radius 1 is 0.470 bits per heavy atom. The molecule has 0 bridgehead atoms. The zero-order valence-electron chi connectivity index (χ0n) is 42.3. The van der Waals surface area contributed by atoms with Crippen LogP contribution in [0, 0.1) is 0 Å². The molecule has 0 aliphatic rings. The predicted octanol–water partition coefficient (Wildman–Crippen LogP) is 14.8. The minimum absolute atomic E-state index is 0.0467. The van der Waals surface area contributed by atoms with E-state index < -0.39 is 32.5 Å². The van der Waals surface area contributed by atoms with Crippen molar-refractivity contribution in [3.63, 3.8) is 0 Å². The maximum absolute atomic E-state index is 12.7. The molecule has 0 spiro atoms. The van der Waals surface area contributed by atoms with Crippen molar-refractivity contribution in [3.05, 3.63) is 109 Å². The molecule has 0 heterocycles. The van der Waals surface area contributed by atoms with Gasteiger partial charge in [-0.2, -0.15) is 0 Å². The Bertz CT molecular complexity index is 1480. The number of phosphoric acid groups is 1. The van der Waals surface area contributed by atoms with E-state index in [9.17, 15) is 19.0 Å². The van der Waals surface area contributed by atoms with Gasteiger partial charge in [-0.25, -0.2) is 0 Å². The Morgan fingerprint density at radius 2 is 0.848 bits per heavy atom. The summed E-state index contributed by atoms with van der Waals surface area (Å²) in [6.07, 6.45) is 64.4. The monoisotopic (exact) mass is 940 g/mol. The number of phosphoric ester groups is 1. The van der Waals surface area contributed by atoms with Crippen LogP contribution in [-0.4, -0.2) is 70.0 Å². The molecule has 2 unspecified atom stereocenters. The number of quaternary nitrogens is 1. The van der Waals surface area contributed by atoms with E-state index >= 15 is 0 Å². The van der Waals surface area contributed by atoms with Crippen LogP contribution in [0.3, 0.4) is 0 Å². The fourth-order valence-corrected chi connectivity index (χ4v) is 7.13. The van der Waals surface area contributed by atoms with Crippen molar-refractivity contribution in [2.24, 2.45) is 0 Å². The molecule has 0 N–H and O–H groups in total. The van der Waals surface area contributed by atoms with E-state index in [1.807, 2.05) is 33.3 Å². The van der Waals surface area contributed by atoms with Crippen LogP contribution in [-0.2, 0) is 32.7 Å². The summed E-state index contributed by atoms with van der Waals surface area (Å²) in [5.41, 5.74) is 0. The Morgan fingerprint density at radius 3 is 1.27 bits per heavy atom. The van der Waals surface area contributed by atoms with Gasteiger partial charge < -0.3 is 27.9 Å². The Balaban J connectivity index is 4.21. The van der Waals surface area contributed by atoms with E-state index in [1.54, 1.807) is 0 Å².